The molecule has 7 atom stereocenters. The first-order valence-corrected chi connectivity index (χ1v) is 12.1. The Morgan fingerprint density at radius 3 is 2.10 bits per heavy atom. The summed E-state index contributed by atoms with van der Waals surface area (Å²) in [4.78, 5) is 52.1. The highest BCUT2D eigenvalue weighted by molar-refractivity contribution is 9.12. The van der Waals surface area contributed by atoms with Crippen LogP contribution in [0.1, 0.15) is 24.5 Å². The zero-order chi connectivity index (χ0) is 22.6. The summed E-state index contributed by atoms with van der Waals surface area (Å²) in [6.45, 7) is 4.83. The minimum atomic E-state index is -1.07. The van der Waals surface area contributed by atoms with Gasteiger partial charge in [-0.2, -0.15) is 0 Å². The van der Waals surface area contributed by atoms with Crippen molar-refractivity contribution < 1.29 is 23.9 Å². The van der Waals surface area contributed by atoms with E-state index in [0.29, 0.717) is 5.69 Å². The number of benzene rings is 1. The molecule has 2 bridgehead atoms. The highest BCUT2D eigenvalue weighted by Crippen LogP contribution is 2.60. The van der Waals surface area contributed by atoms with E-state index in [4.69, 9.17) is 4.74 Å². The van der Waals surface area contributed by atoms with Gasteiger partial charge >= 0.3 is 5.97 Å². The molecule has 3 amide bonds. The van der Waals surface area contributed by atoms with Crippen LogP contribution in [0.15, 0.2) is 18.2 Å². The Bertz CT molecular complexity index is 915. The third kappa shape index (κ3) is 3.84. The number of likely N-dealkylation sites (tertiary alicyclic amines) is 1. The molecular weight excluding hydrogens is 532 g/mol. The van der Waals surface area contributed by atoms with Gasteiger partial charge in [0.25, 0.3) is 5.91 Å². The molecule has 4 rings (SSSR count). The Hall–Kier alpha value is -1.74. The molecule has 3 aliphatic rings. The number of aryl methyl sites for hydroxylation is 2. The lowest BCUT2D eigenvalue weighted by atomic mass is 9.81. The number of carbonyl (C=O) groups is 4. The molecule has 0 unspecified atom stereocenters. The molecule has 1 N–H and O–H groups in total. The van der Waals surface area contributed by atoms with Gasteiger partial charge in [-0.05, 0) is 62.3 Å². The minimum absolute atomic E-state index is 0.0765. The van der Waals surface area contributed by atoms with E-state index in [2.05, 4.69) is 37.2 Å². The Labute approximate surface area is 197 Å². The summed E-state index contributed by atoms with van der Waals surface area (Å²) in [7, 11) is 0. The predicted octanol–water partition coefficient (Wildman–Crippen LogP) is 2.95. The van der Waals surface area contributed by atoms with Crippen molar-refractivity contribution in [2.75, 3.05) is 11.9 Å². The van der Waals surface area contributed by atoms with Crippen LogP contribution in [-0.4, -0.2) is 50.9 Å². The molecule has 9 heteroatoms. The van der Waals surface area contributed by atoms with Gasteiger partial charge in [-0.3, -0.25) is 19.3 Å². The van der Waals surface area contributed by atoms with Gasteiger partial charge < -0.3 is 10.1 Å². The SMILES string of the molecule is Cc1cc(C)cc(NC(=O)COC(=O)[C@H](C)N2C(=O)[C@@H]3[C@H]4C[C@@H]([C@H](Br)[C@@H]4Br)[C@@H]3C2=O)c1. The van der Waals surface area contributed by atoms with Crippen molar-refractivity contribution in [2.24, 2.45) is 23.7 Å². The lowest BCUT2D eigenvalue weighted by Gasteiger charge is -2.28. The first-order chi connectivity index (χ1) is 14.6. The second-order valence-electron chi connectivity index (χ2n) is 8.76. The van der Waals surface area contributed by atoms with Gasteiger partial charge in [0.05, 0.1) is 11.8 Å². The number of nitrogens with one attached hydrogen (secondary N) is 1. The van der Waals surface area contributed by atoms with E-state index in [0.717, 1.165) is 22.4 Å². The van der Waals surface area contributed by atoms with E-state index < -0.39 is 36.4 Å². The summed E-state index contributed by atoms with van der Waals surface area (Å²) in [5.41, 5.74) is 2.62. The van der Waals surface area contributed by atoms with Crippen LogP contribution in [0.2, 0.25) is 0 Å². The Kier molecular flexibility index (Phi) is 6.02. The molecule has 1 aliphatic heterocycles. The van der Waals surface area contributed by atoms with E-state index in [9.17, 15) is 19.2 Å². The monoisotopic (exact) mass is 554 g/mol. The number of carbonyl (C=O) groups excluding carboxylic acids is 4. The molecule has 3 fully saturated rings. The fraction of sp³-hybridized carbons (Fsp3) is 0.545. The summed E-state index contributed by atoms with van der Waals surface area (Å²) < 4.78 is 5.13. The molecule has 0 radical (unpaired) electrons. The number of amides is 3. The summed E-state index contributed by atoms with van der Waals surface area (Å²) in [5.74, 6) is -2.50. The largest absolute Gasteiger partial charge is 0.454 e. The lowest BCUT2D eigenvalue weighted by molar-refractivity contribution is -0.159. The summed E-state index contributed by atoms with van der Waals surface area (Å²) in [5, 5.41) is 2.69. The van der Waals surface area contributed by atoms with E-state index in [1.807, 2.05) is 32.0 Å². The number of fused-ring (bicyclic) bond motifs is 5. The Balaban J connectivity index is 1.37. The number of imide groups is 1. The van der Waals surface area contributed by atoms with E-state index >= 15 is 0 Å². The second kappa shape index (κ2) is 8.31. The smallest absolute Gasteiger partial charge is 0.329 e. The zero-order valence-electron chi connectivity index (χ0n) is 17.4. The van der Waals surface area contributed by atoms with Crippen LogP contribution in [0, 0.1) is 37.5 Å². The average molecular weight is 556 g/mol. The van der Waals surface area contributed by atoms with Crippen molar-refractivity contribution in [1.82, 2.24) is 4.90 Å². The number of alkyl halides is 2. The molecule has 166 valence electrons. The van der Waals surface area contributed by atoms with Crippen LogP contribution < -0.4 is 5.32 Å². The van der Waals surface area contributed by atoms with E-state index in [-0.39, 0.29) is 33.3 Å². The summed E-state index contributed by atoms with van der Waals surface area (Å²) >= 11 is 7.28. The number of hydrogen-bond acceptors (Lipinski definition) is 5. The number of esters is 1. The average Bonchev–Trinajstić information content (AvgIpc) is 3.29. The van der Waals surface area contributed by atoms with E-state index in [1.165, 1.54) is 6.92 Å². The first kappa shape index (κ1) is 22.5. The van der Waals surface area contributed by atoms with Crippen LogP contribution in [0.4, 0.5) is 5.69 Å². The second-order valence-corrected chi connectivity index (χ2v) is 10.9. The third-order valence-electron chi connectivity index (χ3n) is 6.60. The van der Waals surface area contributed by atoms with Crippen molar-refractivity contribution >= 4 is 61.2 Å². The first-order valence-electron chi connectivity index (χ1n) is 10.3. The molecule has 1 heterocycles. The van der Waals surface area contributed by atoms with Gasteiger partial charge in [-0.25, -0.2) is 4.79 Å². The zero-order valence-corrected chi connectivity index (χ0v) is 20.6. The van der Waals surface area contributed by atoms with Gasteiger partial charge in [0.1, 0.15) is 6.04 Å². The summed E-state index contributed by atoms with van der Waals surface area (Å²) in [6, 6.07) is 4.55. The number of halogens is 2. The van der Waals surface area contributed by atoms with Crippen molar-refractivity contribution in [3.05, 3.63) is 29.3 Å². The predicted molar refractivity (Wildman–Crippen MR) is 121 cm³/mol. The van der Waals surface area contributed by atoms with Crippen molar-refractivity contribution in [1.29, 1.82) is 0 Å². The molecular formula is C22H24Br2N2O5. The molecule has 1 saturated heterocycles. The molecule has 2 saturated carbocycles. The van der Waals surface area contributed by atoms with Gasteiger partial charge in [-0.1, -0.05) is 37.9 Å². The number of ether oxygens (including phenoxy) is 1. The van der Waals surface area contributed by atoms with E-state index in [1.54, 1.807) is 0 Å². The standard InChI is InChI=1S/C22H24Br2N2O5/c1-9-4-10(2)6-12(5-9)25-15(27)8-31-22(30)11(3)26-20(28)16-13-7-14(17(16)21(26)29)19(24)18(13)23/h4-6,11,13-14,16-19H,7-8H2,1-3H3,(H,25,27)/t11-,13+,14+,16-,17+,18-,19+/m0/s1. The Morgan fingerprint density at radius 2 is 1.58 bits per heavy atom. The number of rotatable bonds is 5. The van der Waals surface area contributed by atoms with Crippen molar-refractivity contribution in [2.45, 2.75) is 42.9 Å². The molecule has 7 nitrogen and oxygen atoms in total. The minimum Gasteiger partial charge on any atom is -0.454 e. The lowest BCUT2D eigenvalue weighted by Crippen LogP contribution is -2.45. The van der Waals surface area contributed by atoms with Gasteiger partial charge in [-0.15, -0.1) is 0 Å². The van der Waals surface area contributed by atoms with Crippen molar-refractivity contribution in [3.8, 4) is 0 Å². The number of hydrogen-bond donors (Lipinski definition) is 1. The Morgan fingerprint density at radius 1 is 1.06 bits per heavy atom. The molecule has 0 aromatic heterocycles. The van der Waals surface area contributed by atoms with Crippen LogP contribution in [0.25, 0.3) is 0 Å². The van der Waals surface area contributed by atoms with Crippen molar-refractivity contribution in [3.63, 3.8) is 0 Å². The maximum atomic E-state index is 13.0. The molecule has 1 aromatic rings. The van der Waals surface area contributed by atoms with Gasteiger partial charge in [0, 0.05) is 15.3 Å². The highest BCUT2D eigenvalue weighted by atomic mass is 79.9. The number of anilines is 1. The van der Waals surface area contributed by atoms with Crippen LogP contribution >= 0.6 is 31.9 Å². The summed E-state index contributed by atoms with van der Waals surface area (Å²) in [6.07, 6.45) is 0.823. The quantitative estimate of drug-likeness (QED) is 0.342. The van der Waals surface area contributed by atoms with Crippen LogP contribution in [0.5, 0.6) is 0 Å². The van der Waals surface area contributed by atoms with Crippen LogP contribution in [0.3, 0.4) is 0 Å². The van der Waals surface area contributed by atoms with Crippen LogP contribution in [-0.2, 0) is 23.9 Å². The normalized spacial score (nSPS) is 32.2. The maximum Gasteiger partial charge on any atom is 0.329 e. The molecule has 31 heavy (non-hydrogen) atoms. The molecule has 1 aromatic carbocycles. The fourth-order valence-corrected chi connectivity index (χ4v) is 7.23. The topological polar surface area (TPSA) is 92.8 Å². The highest BCUT2D eigenvalue weighted by Gasteiger charge is 2.67. The van der Waals surface area contributed by atoms with Gasteiger partial charge in [0.2, 0.25) is 11.8 Å². The maximum absolute atomic E-state index is 13.0. The number of nitrogens with zero attached hydrogens (tertiary/aromatic N) is 1. The third-order valence-corrected chi connectivity index (χ3v) is 9.81. The van der Waals surface area contributed by atoms with Gasteiger partial charge in [0.15, 0.2) is 6.61 Å². The molecule has 2 aliphatic carbocycles. The fourth-order valence-electron chi connectivity index (χ4n) is 5.36. The molecule has 0 spiro atoms.